The zero-order chi connectivity index (χ0) is 10.2. The number of amides is 1. The van der Waals surface area contributed by atoms with Gasteiger partial charge in [-0.25, -0.2) is 0 Å². The molecule has 0 aromatic carbocycles. The quantitative estimate of drug-likeness (QED) is 0.722. The summed E-state index contributed by atoms with van der Waals surface area (Å²) >= 11 is 0.393. The highest BCUT2D eigenvalue weighted by atomic mass is 32.1. The number of nitrogen functional groups attached to an aromatic ring is 1. The van der Waals surface area contributed by atoms with Crippen LogP contribution in [0, 0.1) is 0 Å². The fourth-order valence-electron chi connectivity index (χ4n) is 0.734. The molecule has 1 aromatic heterocycles. The van der Waals surface area contributed by atoms with Gasteiger partial charge >= 0.3 is 6.18 Å². The fraction of sp³-hybridized carbons (Fsp3) is 0.200. The molecule has 0 radical (unpaired) electrons. The van der Waals surface area contributed by atoms with Crippen LogP contribution in [-0.4, -0.2) is 10.3 Å². The topological polar surface area (TPSA) is 82.0 Å². The lowest BCUT2D eigenvalue weighted by molar-refractivity contribution is -0.140. The molecule has 0 bridgehead atoms. The van der Waals surface area contributed by atoms with E-state index in [1.165, 1.54) is 0 Å². The van der Waals surface area contributed by atoms with E-state index in [0.717, 1.165) is 0 Å². The molecule has 0 aliphatic carbocycles. The Morgan fingerprint density at radius 1 is 1.46 bits per heavy atom. The SMILES string of the molecule is NC(=O)c1c(C(F)(F)F)nsc1N. The van der Waals surface area contributed by atoms with Crippen LogP contribution < -0.4 is 11.5 Å². The summed E-state index contributed by atoms with van der Waals surface area (Å²) in [5.74, 6) is -1.22. The highest BCUT2D eigenvalue weighted by Gasteiger charge is 2.39. The Morgan fingerprint density at radius 3 is 2.31 bits per heavy atom. The van der Waals surface area contributed by atoms with Crippen LogP contribution in [0.1, 0.15) is 16.1 Å². The Labute approximate surface area is 74.5 Å². The second-order valence-corrected chi connectivity index (χ2v) is 2.94. The third kappa shape index (κ3) is 1.72. The van der Waals surface area contributed by atoms with Gasteiger partial charge in [-0.2, -0.15) is 17.5 Å². The lowest BCUT2D eigenvalue weighted by atomic mass is 10.2. The molecular weight excluding hydrogens is 207 g/mol. The first-order chi connectivity index (χ1) is 5.84. The minimum absolute atomic E-state index is 0.320. The van der Waals surface area contributed by atoms with E-state index in [9.17, 15) is 18.0 Å². The summed E-state index contributed by atoms with van der Waals surface area (Å²) in [6.45, 7) is 0. The molecule has 8 heteroatoms. The number of aromatic nitrogens is 1. The van der Waals surface area contributed by atoms with E-state index in [2.05, 4.69) is 4.37 Å². The third-order valence-corrected chi connectivity index (χ3v) is 1.91. The monoisotopic (exact) mass is 211 g/mol. The van der Waals surface area contributed by atoms with Crippen LogP contribution in [0.4, 0.5) is 18.2 Å². The number of carbonyl (C=O) groups excluding carboxylic acids is 1. The van der Waals surface area contributed by atoms with Crippen LogP contribution in [0.15, 0.2) is 0 Å². The average molecular weight is 211 g/mol. The zero-order valence-corrected chi connectivity index (χ0v) is 6.87. The fourth-order valence-corrected chi connectivity index (χ4v) is 1.41. The van der Waals surface area contributed by atoms with Crippen LogP contribution in [-0.2, 0) is 6.18 Å². The lowest BCUT2D eigenvalue weighted by Crippen LogP contribution is -2.18. The van der Waals surface area contributed by atoms with Crippen molar-refractivity contribution >= 4 is 22.4 Å². The summed E-state index contributed by atoms with van der Waals surface area (Å²) in [4.78, 5) is 10.6. The molecule has 1 aromatic rings. The number of alkyl halides is 3. The predicted octanol–water partition coefficient (Wildman–Crippen LogP) is 0.843. The van der Waals surface area contributed by atoms with Crippen LogP contribution >= 0.6 is 11.5 Å². The molecule has 4 N–H and O–H groups in total. The van der Waals surface area contributed by atoms with Gasteiger partial charge in [-0.3, -0.25) is 4.79 Å². The van der Waals surface area contributed by atoms with E-state index >= 15 is 0 Å². The van der Waals surface area contributed by atoms with Crippen molar-refractivity contribution in [2.24, 2.45) is 5.73 Å². The number of anilines is 1. The molecule has 1 heterocycles. The molecule has 0 saturated heterocycles. The van der Waals surface area contributed by atoms with E-state index in [1.54, 1.807) is 0 Å². The van der Waals surface area contributed by atoms with E-state index in [-0.39, 0.29) is 5.00 Å². The number of carbonyl (C=O) groups is 1. The Kier molecular flexibility index (Phi) is 2.16. The minimum atomic E-state index is -4.70. The van der Waals surface area contributed by atoms with Crippen molar-refractivity contribution in [1.29, 1.82) is 0 Å². The first-order valence-corrected chi connectivity index (χ1v) is 3.73. The van der Waals surface area contributed by atoms with Gasteiger partial charge in [0.1, 0.15) is 10.6 Å². The van der Waals surface area contributed by atoms with Crippen molar-refractivity contribution in [2.45, 2.75) is 6.18 Å². The molecule has 0 spiro atoms. The largest absolute Gasteiger partial charge is 0.435 e. The second kappa shape index (κ2) is 2.87. The standard InChI is InChI=1S/C5H4F3N3OS/c6-5(7,8)2-1(3(9)12)4(10)13-11-2/h10H2,(H2,9,12). The maximum Gasteiger partial charge on any atom is 0.435 e. The Balaban J connectivity index is 3.31. The number of hydrogen-bond acceptors (Lipinski definition) is 4. The molecule has 0 unspecified atom stereocenters. The van der Waals surface area contributed by atoms with Crippen molar-refractivity contribution in [3.8, 4) is 0 Å². The molecule has 1 amide bonds. The van der Waals surface area contributed by atoms with Crippen molar-refractivity contribution in [3.63, 3.8) is 0 Å². The number of nitrogens with two attached hydrogens (primary N) is 2. The molecule has 0 aliphatic rings. The van der Waals surface area contributed by atoms with Gasteiger partial charge < -0.3 is 11.5 Å². The van der Waals surface area contributed by atoms with Crippen LogP contribution in [0.3, 0.4) is 0 Å². The third-order valence-electron chi connectivity index (χ3n) is 1.23. The predicted molar refractivity (Wildman–Crippen MR) is 40.0 cm³/mol. The van der Waals surface area contributed by atoms with Gasteiger partial charge in [0.2, 0.25) is 0 Å². The van der Waals surface area contributed by atoms with Crippen LogP contribution in [0.5, 0.6) is 0 Å². The second-order valence-electron chi connectivity index (χ2n) is 2.13. The van der Waals surface area contributed by atoms with Gasteiger partial charge in [0, 0.05) is 0 Å². The highest BCUT2D eigenvalue weighted by Crippen LogP contribution is 2.35. The van der Waals surface area contributed by atoms with E-state index in [0.29, 0.717) is 11.5 Å². The molecule has 0 atom stereocenters. The summed E-state index contributed by atoms with van der Waals surface area (Å²) in [5.41, 5.74) is 7.73. The van der Waals surface area contributed by atoms with Gasteiger partial charge in [-0.15, -0.1) is 0 Å². The van der Waals surface area contributed by atoms with Gasteiger partial charge in [0.25, 0.3) is 5.91 Å². The van der Waals surface area contributed by atoms with Gasteiger partial charge in [-0.05, 0) is 11.5 Å². The molecule has 72 valence electrons. The van der Waals surface area contributed by atoms with Gasteiger partial charge in [-0.1, -0.05) is 0 Å². The maximum absolute atomic E-state index is 12.1. The molecule has 1 rings (SSSR count). The first-order valence-electron chi connectivity index (χ1n) is 2.96. The summed E-state index contributed by atoms with van der Waals surface area (Å²) in [6, 6.07) is 0. The first kappa shape index (κ1) is 9.78. The molecule has 0 saturated carbocycles. The van der Waals surface area contributed by atoms with E-state index in [1.807, 2.05) is 0 Å². The van der Waals surface area contributed by atoms with E-state index in [4.69, 9.17) is 11.5 Å². The van der Waals surface area contributed by atoms with Gasteiger partial charge in [0.15, 0.2) is 5.69 Å². The Bertz CT molecular complexity index is 345. The molecule has 0 fully saturated rings. The van der Waals surface area contributed by atoms with Crippen molar-refractivity contribution in [1.82, 2.24) is 4.37 Å². The molecule has 13 heavy (non-hydrogen) atoms. The summed E-state index contributed by atoms with van der Waals surface area (Å²) in [6.07, 6.45) is -4.70. The Morgan fingerprint density at radius 2 is 2.00 bits per heavy atom. The maximum atomic E-state index is 12.1. The van der Waals surface area contributed by atoms with Gasteiger partial charge in [0.05, 0.1) is 0 Å². The summed E-state index contributed by atoms with van der Waals surface area (Å²) < 4.78 is 39.3. The summed E-state index contributed by atoms with van der Waals surface area (Å²) in [7, 11) is 0. The summed E-state index contributed by atoms with van der Waals surface area (Å²) in [5, 5.41) is -0.320. The zero-order valence-electron chi connectivity index (χ0n) is 6.05. The average Bonchev–Trinajstić information content (AvgIpc) is 2.28. The number of primary amides is 1. The number of hydrogen-bond donors (Lipinski definition) is 2. The number of nitrogens with zero attached hydrogens (tertiary/aromatic N) is 1. The smallest absolute Gasteiger partial charge is 0.389 e. The van der Waals surface area contributed by atoms with Crippen molar-refractivity contribution < 1.29 is 18.0 Å². The van der Waals surface area contributed by atoms with Crippen LogP contribution in [0.25, 0.3) is 0 Å². The number of halogens is 3. The lowest BCUT2D eigenvalue weighted by Gasteiger charge is -2.03. The molecule has 4 nitrogen and oxygen atoms in total. The van der Waals surface area contributed by atoms with Crippen molar-refractivity contribution in [2.75, 3.05) is 5.73 Å². The Hall–Kier alpha value is -1.31. The normalized spacial score (nSPS) is 11.6. The number of rotatable bonds is 1. The molecule has 0 aliphatic heterocycles. The van der Waals surface area contributed by atoms with Crippen molar-refractivity contribution in [3.05, 3.63) is 11.3 Å². The minimum Gasteiger partial charge on any atom is -0.389 e. The van der Waals surface area contributed by atoms with E-state index < -0.39 is 23.3 Å². The van der Waals surface area contributed by atoms with Crippen LogP contribution in [0.2, 0.25) is 0 Å². The highest BCUT2D eigenvalue weighted by molar-refractivity contribution is 7.10. The molecular formula is C5H4F3N3OS.